The quantitative estimate of drug-likeness (QED) is 0.605. The molecule has 2 aliphatic rings. The first-order valence-electron chi connectivity index (χ1n) is 8.07. The lowest BCUT2D eigenvalue weighted by Crippen LogP contribution is -2.27. The molecule has 0 bridgehead atoms. The van der Waals surface area contributed by atoms with Crippen LogP contribution in [0.25, 0.3) is 6.08 Å². The molecule has 5 heteroatoms. The standard InChI is InChI=1S/C18H22N2O2S/c1-4-9-19-17(21)16(23-18(19)22)11-14-10-12(2)20(13(14)3)15-7-5-6-8-15/h4,10-11,15H,1,5-9H2,2-3H3/b16-11-. The average molecular weight is 330 g/mol. The van der Waals surface area contributed by atoms with E-state index in [1.807, 2.05) is 6.08 Å². The van der Waals surface area contributed by atoms with Gasteiger partial charge in [-0.05, 0) is 56.2 Å². The van der Waals surface area contributed by atoms with Gasteiger partial charge in [-0.25, -0.2) is 0 Å². The van der Waals surface area contributed by atoms with E-state index in [0.717, 1.165) is 17.3 Å². The zero-order valence-electron chi connectivity index (χ0n) is 13.7. The minimum absolute atomic E-state index is 0.217. The Labute approximate surface area is 141 Å². The van der Waals surface area contributed by atoms with Gasteiger partial charge in [-0.1, -0.05) is 18.9 Å². The molecule has 1 saturated carbocycles. The molecule has 2 amide bonds. The molecule has 3 rings (SSSR count). The Morgan fingerprint density at radius 3 is 2.65 bits per heavy atom. The van der Waals surface area contributed by atoms with Crippen LogP contribution in [0.3, 0.4) is 0 Å². The molecule has 1 saturated heterocycles. The van der Waals surface area contributed by atoms with Crippen molar-refractivity contribution >= 4 is 29.0 Å². The van der Waals surface area contributed by atoms with E-state index in [1.165, 1.54) is 42.0 Å². The summed E-state index contributed by atoms with van der Waals surface area (Å²) in [5.41, 5.74) is 3.45. The first kappa shape index (κ1) is 16.1. The Hall–Kier alpha value is -1.75. The number of imide groups is 1. The molecule has 4 nitrogen and oxygen atoms in total. The molecular weight excluding hydrogens is 308 g/mol. The smallest absolute Gasteiger partial charge is 0.293 e. The molecule has 23 heavy (non-hydrogen) atoms. The first-order valence-corrected chi connectivity index (χ1v) is 8.89. The van der Waals surface area contributed by atoms with E-state index in [9.17, 15) is 9.59 Å². The maximum Gasteiger partial charge on any atom is 0.293 e. The van der Waals surface area contributed by atoms with Gasteiger partial charge in [0, 0.05) is 24.0 Å². The molecule has 1 aromatic heterocycles. The number of hydrogen-bond acceptors (Lipinski definition) is 3. The van der Waals surface area contributed by atoms with Gasteiger partial charge in [-0.2, -0.15) is 0 Å². The van der Waals surface area contributed by atoms with Crippen molar-refractivity contribution < 1.29 is 9.59 Å². The highest BCUT2D eigenvalue weighted by Crippen LogP contribution is 2.36. The van der Waals surface area contributed by atoms with E-state index in [-0.39, 0.29) is 17.7 Å². The fourth-order valence-corrected chi connectivity index (χ4v) is 4.44. The van der Waals surface area contributed by atoms with Crippen LogP contribution < -0.4 is 0 Å². The Morgan fingerprint density at radius 2 is 2.00 bits per heavy atom. The van der Waals surface area contributed by atoms with Gasteiger partial charge >= 0.3 is 0 Å². The Kier molecular flexibility index (Phi) is 4.48. The highest BCUT2D eigenvalue weighted by molar-refractivity contribution is 8.18. The van der Waals surface area contributed by atoms with Crippen molar-refractivity contribution in [3.8, 4) is 0 Å². The van der Waals surface area contributed by atoms with Gasteiger partial charge in [0.25, 0.3) is 11.1 Å². The second-order valence-corrected chi connectivity index (χ2v) is 7.21. The number of rotatable bonds is 4. The van der Waals surface area contributed by atoms with Crippen LogP contribution in [0.5, 0.6) is 0 Å². The van der Waals surface area contributed by atoms with Crippen molar-refractivity contribution in [3.63, 3.8) is 0 Å². The number of thioether (sulfide) groups is 1. The van der Waals surface area contributed by atoms with Gasteiger partial charge in [-0.15, -0.1) is 6.58 Å². The third kappa shape index (κ3) is 2.90. The summed E-state index contributed by atoms with van der Waals surface area (Å²) in [6.07, 6.45) is 8.47. The fourth-order valence-electron chi connectivity index (χ4n) is 3.60. The Morgan fingerprint density at radius 1 is 1.30 bits per heavy atom. The molecule has 2 heterocycles. The van der Waals surface area contributed by atoms with Crippen LogP contribution in [-0.4, -0.2) is 27.2 Å². The highest BCUT2D eigenvalue weighted by atomic mass is 32.2. The topological polar surface area (TPSA) is 42.3 Å². The van der Waals surface area contributed by atoms with Gasteiger partial charge in [0.1, 0.15) is 0 Å². The van der Waals surface area contributed by atoms with E-state index < -0.39 is 0 Å². The van der Waals surface area contributed by atoms with Gasteiger partial charge in [0.15, 0.2) is 0 Å². The number of amides is 2. The molecular formula is C18H22N2O2S. The van der Waals surface area contributed by atoms with E-state index in [1.54, 1.807) is 6.08 Å². The van der Waals surface area contributed by atoms with Crippen LogP contribution in [0.4, 0.5) is 4.79 Å². The van der Waals surface area contributed by atoms with Crippen molar-refractivity contribution in [2.45, 2.75) is 45.6 Å². The molecule has 1 aliphatic carbocycles. The van der Waals surface area contributed by atoms with Gasteiger partial charge in [0.05, 0.1) is 4.91 Å². The van der Waals surface area contributed by atoms with E-state index >= 15 is 0 Å². The molecule has 0 atom stereocenters. The van der Waals surface area contributed by atoms with Crippen LogP contribution in [0.15, 0.2) is 23.6 Å². The number of aryl methyl sites for hydroxylation is 1. The van der Waals surface area contributed by atoms with Crippen LogP contribution in [0.2, 0.25) is 0 Å². The Bertz CT molecular complexity index is 696. The number of carbonyl (C=O) groups excluding carboxylic acids is 2. The minimum atomic E-state index is -0.217. The molecule has 0 unspecified atom stereocenters. The summed E-state index contributed by atoms with van der Waals surface area (Å²) < 4.78 is 2.40. The minimum Gasteiger partial charge on any atom is -0.346 e. The second-order valence-electron chi connectivity index (χ2n) is 6.22. The predicted molar refractivity (Wildman–Crippen MR) is 94.3 cm³/mol. The van der Waals surface area contributed by atoms with Crippen LogP contribution >= 0.6 is 11.8 Å². The van der Waals surface area contributed by atoms with E-state index in [4.69, 9.17) is 0 Å². The predicted octanol–water partition coefficient (Wildman–Crippen LogP) is 4.44. The van der Waals surface area contributed by atoms with E-state index in [0.29, 0.717) is 10.9 Å². The molecule has 1 aliphatic heterocycles. The molecule has 0 spiro atoms. The SMILES string of the molecule is C=CCN1C(=O)S/C(=C\c2cc(C)n(C3CCCC3)c2C)C1=O. The lowest BCUT2D eigenvalue weighted by atomic mass is 10.2. The molecule has 0 radical (unpaired) electrons. The maximum absolute atomic E-state index is 12.3. The van der Waals surface area contributed by atoms with Crippen LogP contribution in [0, 0.1) is 13.8 Å². The summed E-state index contributed by atoms with van der Waals surface area (Å²) in [6, 6.07) is 2.70. The van der Waals surface area contributed by atoms with Crippen molar-refractivity contribution in [3.05, 3.63) is 40.6 Å². The first-order chi connectivity index (χ1) is 11.0. The number of aromatic nitrogens is 1. The zero-order chi connectivity index (χ0) is 16.6. The van der Waals surface area contributed by atoms with Crippen LogP contribution in [0.1, 0.15) is 48.7 Å². The summed E-state index contributed by atoms with van der Waals surface area (Å²) in [4.78, 5) is 26.0. The van der Waals surface area contributed by atoms with Gasteiger partial charge in [0.2, 0.25) is 0 Å². The average Bonchev–Trinajstić information content (AvgIpc) is 3.17. The van der Waals surface area contributed by atoms with Crippen molar-refractivity contribution in [1.82, 2.24) is 9.47 Å². The molecule has 0 aromatic carbocycles. The molecule has 2 fully saturated rings. The monoisotopic (exact) mass is 330 g/mol. The third-order valence-electron chi connectivity index (χ3n) is 4.69. The summed E-state index contributed by atoms with van der Waals surface area (Å²) in [6.45, 7) is 8.08. The van der Waals surface area contributed by atoms with Gasteiger partial charge in [-0.3, -0.25) is 14.5 Å². The zero-order valence-corrected chi connectivity index (χ0v) is 14.5. The normalized spacial score (nSPS) is 21.0. The third-order valence-corrected chi connectivity index (χ3v) is 5.59. The van der Waals surface area contributed by atoms with Crippen LogP contribution in [-0.2, 0) is 4.79 Å². The van der Waals surface area contributed by atoms with Crippen molar-refractivity contribution in [2.75, 3.05) is 6.54 Å². The fraction of sp³-hybridized carbons (Fsp3) is 0.444. The molecule has 1 aromatic rings. The van der Waals surface area contributed by atoms with E-state index in [2.05, 4.69) is 31.1 Å². The molecule has 122 valence electrons. The number of hydrogen-bond donors (Lipinski definition) is 0. The second kappa shape index (κ2) is 6.40. The lowest BCUT2D eigenvalue weighted by Gasteiger charge is -2.17. The summed E-state index contributed by atoms with van der Waals surface area (Å²) in [5, 5.41) is -0.217. The summed E-state index contributed by atoms with van der Waals surface area (Å²) >= 11 is 1.01. The summed E-state index contributed by atoms with van der Waals surface area (Å²) in [7, 11) is 0. The Balaban J connectivity index is 1.91. The number of nitrogens with zero attached hydrogens (tertiary/aromatic N) is 2. The molecule has 0 N–H and O–H groups in total. The number of carbonyl (C=O) groups is 2. The lowest BCUT2D eigenvalue weighted by molar-refractivity contribution is -0.122. The maximum atomic E-state index is 12.3. The van der Waals surface area contributed by atoms with Gasteiger partial charge < -0.3 is 4.57 Å². The van der Waals surface area contributed by atoms with Crippen molar-refractivity contribution in [2.24, 2.45) is 0 Å². The van der Waals surface area contributed by atoms with Crippen molar-refractivity contribution in [1.29, 1.82) is 0 Å². The highest BCUT2D eigenvalue weighted by Gasteiger charge is 2.34. The summed E-state index contributed by atoms with van der Waals surface area (Å²) in [5.74, 6) is -0.217. The largest absolute Gasteiger partial charge is 0.346 e.